The van der Waals surface area contributed by atoms with Gasteiger partial charge >= 0.3 is 0 Å². The third-order valence-corrected chi connectivity index (χ3v) is 4.00. The Hall–Kier alpha value is -1.75. The summed E-state index contributed by atoms with van der Waals surface area (Å²) < 4.78 is 19.4. The van der Waals surface area contributed by atoms with Crippen molar-refractivity contribution < 1.29 is 9.13 Å². The Morgan fingerprint density at radius 2 is 2.15 bits per heavy atom. The smallest absolute Gasteiger partial charge is 0.148 e. The second kappa shape index (κ2) is 6.13. The second-order valence-corrected chi connectivity index (χ2v) is 5.88. The van der Waals surface area contributed by atoms with Crippen molar-refractivity contribution in [1.29, 1.82) is 0 Å². The van der Waals surface area contributed by atoms with Crippen LogP contribution in [0.25, 0.3) is 0 Å². The van der Waals surface area contributed by atoms with Crippen LogP contribution >= 0.6 is 11.3 Å². The molecular weight excluding hydrogens is 275 g/mol. The zero-order valence-electron chi connectivity index (χ0n) is 11.9. The molecule has 2 N–H and O–H groups in total. The summed E-state index contributed by atoms with van der Waals surface area (Å²) in [4.78, 5) is 3.19. The first-order valence-corrected chi connectivity index (χ1v) is 7.33. The Labute approximate surface area is 122 Å². The van der Waals surface area contributed by atoms with Gasteiger partial charge in [0.2, 0.25) is 0 Å². The summed E-state index contributed by atoms with van der Waals surface area (Å²) in [5, 5.41) is 2.02. The molecule has 0 saturated heterocycles. The van der Waals surface area contributed by atoms with Crippen LogP contribution in [0, 0.1) is 5.82 Å². The standard InChI is InChI=1S/C15H19FN2OS/c1-10(2)18(9-11-5-4-6-20-11)14-8-15(19-3)13(17)7-12(14)16/h4-8,10H,9,17H2,1-3H3. The third kappa shape index (κ3) is 3.04. The molecular formula is C15H19FN2OS. The maximum absolute atomic E-state index is 14.2. The maximum atomic E-state index is 14.2. The van der Waals surface area contributed by atoms with Crippen LogP contribution in [0.5, 0.6) is 5.75 Å². The monoisotopic (exact) mass is 294 g/mol. The van der Waals surface area contributed by atoms with Gasteiger partial charge in [0.05, 0.1) is 25.0 Å². The van der Waals surface area contributed by atoms with Gasteiger partial charge in [-0.3, -0.25) is 0 Å². The van der Waals surface area contributed by atoms with Gasteiger partial charge in [-0.1, -0.05) is 6.07 Å². The first-order valence-electron chi connectivity index (χ1n) is 6.45. The number of thiophene rings is 1. The fourth-order valence-electron chi connectivity index (χ4n) is 2.07. The summed E-state index contributed by atoms with van der Waals surface area (Å²) in [6, 6.07) is 7.20. The molecule has 0 unspecified atom stereocenters. The van der Waals surface area contributed by atoms with Gasteiger partial charge in [0.15, 0.2) is 0 Å². The number of ether oxygens (including phenoxy) is 1. The van der Waals surface area contributed by atoms with Crippen LogP contribution in [0.15, 0.2) is 29.6 Å². The van der Waals surface area contributed by atoms with Crippen molar-refractivity contribution in [2.45, 2.75) is 26.4 Å². The zero-order valence-corrected chi connectivity index (χ0v) is 12.7. The van der Waals surface area contributed by atoms with E-state index >= 15 is 0 Å². The van der Waals surface area contributed by atoms with E-state index in [9.17, 15) is 4.39 Å². The van der Waals surface area contributed by atoms with Crippen molar-refractivity contribution in [3.05, 3.63) is 40.3 Å². The fraction of sp³-hybridized carbons (Fsp3) is 0.333. The Balaban J connectivity index is 2.38. The van der Waals surface area contributed by atoms with Gasteiger partial charge < -0.3 is 15.4 Å². The quantitative estimate of drug-likeness (QED) is 0.850. The first kappa shape index (κ1) is 14.7. The van der Waals surface area contributed by atoms with E-state index in [2.05, 4.69) is 0 Å². The predicted molar refractivity (Wildman–Crippen MR) is 83.0 cm³/mol. The van der Waals surface area contributed by atoms with E-state index in [1.807, 2.05) is 36.3 Å². The molecule has 1 aromatic carbocycles. The van der Waals surface area contributed by atoms with Gasteiger partial charge in [0.1, 0.15) is 11.6 Å². The number of nitrogens with two attached hydrogens (primary N) is 1. The lowest BCUT2D eigenvalue weighted by atomic mass is 10.2. The maximum Gasteiger partial charge on any atom is 0.148 e. The molecule has 1 aromatic heterocycles. The normalized spacial score (nSPS) is 10.8. The number of methoxy groups -OCH3 is 1. The number of anilines is 2. The van der Waals surface area contributed by atoms with Crippen LogP contribution in [0.1, 0.15) is 18.7 Å². The Morgan fingerprint density at radius 1 is 1.40 bits per heavy atom. The van der Waals surface area contributed by atoms with Gasteiger partial charge in [-0.15, -0.1) is 11.3 Å². The molecule has 2 aromatic rings. The molecule has 0 aliphatic rings. The summed E-state index contributed by atoms with van der Waals surface area (Å²) in [6.07, 6.45) is 0. The predicted octanol–water partition coefficient (Wildman–Crippen LogP) is 3.89. The average Bonchev–Trinajstić information content (AvgIpc) is 2.89. The molecule has 0 aliphatic heterocycles. The number of hydrogen-bond donors (Lipinski definition) is 1. The molecule has 5 heteroatoms. The lowest BCUT2D eigenvalue weighted by molar-refractivity contribution is 0.415. The molecule has 1 heterocycles. The van der Waals surface area contributed by atoms with Crippen molar-refractivity contribution in [2.75, 3.05) is 17.7 Å². The van der Waals surface area contributed by atoms with Gasteiger partial charge in [-0.05, 0) is 25.3 Å². The molecule has 0 saturated carbocycles. The molecule has 0 radical (unpaired) electrons. The van der Waals surface area contributed by atoms with Gasteiger partial charge in [-0.25, -0.2) is 4.39 Å². The highest BCUT2D eigenvalue weighted by atomic mass is 32.1. The van der Waals surface area contributed by atoms with E-state index in [1.54, 1.807) is 17.4 Å². The van der Waals surface area contributed by atoms with Crippen molar-refractivity contribution in [1.82, 2.24) is 0 Å². The van der Waals surface area contributed by atoms with Crippen molar-refractivity contribution >= 4 is 22.7 Å². The highest BCUT2D eigenvalue weighted by molar-refractivity contribution is 7.09. The number of hydrogen-bond acceptors (Lipinski definition) is 4. The van der Waals surface area contributed by atoms with Crippen LogP contribution in [0.2, 0.25) is 0 Å². The average molecular weight is 294 g/mol. The highest BCUT2D eigenvalue weighted by Crippen LogP contribution is 2.32. The lowest BCUT2D eigenvalue weighted by Crippen LogP contribution is -2.30. The fourth-order valence-corrected chi connectivity index (χ4v) is 2.77. The summed E-state index contributed by atoms with van der Waals surface area (Å²) in [7, 11) is 1.53. The first-order chi connectivity index (χ1) is 9.52. The SMILES string of the molecule is COc1cc(N(Cc2cccs2)C(C)C)c(F)cc1N. The number of benzene rings is 1. The van der Waals surface area contributed by atoms with Gasteiger partial charge in [0, 0.05) is 23.1 Å². The minimum atomic E-state index is -0.325. The zero-order chi connectivity index (χ0) is 14.7. The highest BCUT2D eigenvalue weighted by Gasteiger charge is 2.18. The van der Waals surface area contributed by atoms with E-state index in [-0.39, 0.29) is 11.9 Å². The Morgan fingerprint density at radius 3 is 2.70 bits per heavy atom. The van der Waals surface area contributed by atoms with Crippen molar-refractivity contribution in [3.63, 3.8) is 0 Å². The Kier molecular flexibility index (Phi) is 4.49. The number of rotatable bonds is 5. The molecule has 0 atom stereocenters. The lowest BCUT2D eigenvalue weighted by Gasteiger charge is -2.29. The minimum absolute atomic E-state index is 0.167. The summed E-state index contributed by atoms with van der Waals surface area (Å²) in [5.74, 6) is 0.173. The van der Waals surface area contributed by atoms with E-state index in [1.165, 1.54) is 18.1 Å². The van der Waals surface area contributed by atoms with Crippen LogP contribution < -0.4 is 15.4 Å². The summed E-state index contributed by atoms with van der Waals surface area (Å²) in [6.45, 7) is 4.74. The van der Waals surface area contributed by atoms with Crippen LogP contribution in [0.3, 0.4) is 0 Å². The molecule has 2 rings (SSSR count). The molecule has 108 valence electrons. The number of halogens is 1. The van der Waals surface area contributed by atoms with Crippen molar-refractivity contribution in [3.8, 4) is 5.75 Å². The van der Waals surface area contributed by atoms with E-state index in [4.69, 9.17) is 10.5 Å². The second-order valence-electron chi connectivity index (χ2n) is 4.85. The van der Waals surface area contributed by atoms with E-state index in [0.29, 0.717) is 23.7 Å². The molecule has 0 spiro atoms. The summed E-state index contributed by atoms with van der Waals surface area (Å²) in [5.41, 5.74) is 6.56. The summed E-state index contributed by atoms with van der Waals surface area (Å²) >= 11 is 1.66. The van der Waals surface area contributed by atoms with Gasteiger partial charge in [0.25, 0.3) is 0 Å². The number of nitrogens with zero attached hydrogens (tertiary/aromatic N) is 1. The van der Waals surface area contributed by atoms with Crippen molar-refractivity contribution in [2.24, 2.45) is 0 Å². The van der Waals surface area contributed by atoms with Crippen LogP contribution in [0.4, 0.5) is 15.8 Å². The van der Waals surface area contributed by atoms with Crippen LogP contribution in [-0.2, 0) is 6.54 Å². The third-order valence-electron chi connectivity index (χ3n) is 3.14. The van der Waals surface area contributed by atoms with E-state index in [0.717, 1.165) is 0 Å². The minimum Gasteiger partial charge on any atom is -0.495 e. The molecule has 20 heavy (non-hydrogen) atoms. The molecule has 3 nitrogen and oxygen atoms in total. The van der Waals surface area contributed by atoms with E-state index < -0.39 is 0 Å². The molecule has 0 amide bonds. The molecule has 0 aliphatic carbocycles. The topological polar surface area (TPSA) is 38.5 Å². The van der Waals surface area contributed by atoms with Gasteiger partial charge in [-0.2, -0.15) is 0 Å². The largest absolute Gasteiger partial charge is 0.495 e. The van der Waals surface area contributed by atoms with Crippen LogP contribution in [-0.4, -0.2) is 13.2 Å². The molecule has 0 fully saturated rings. The molecule has 0 bridgehead atoms. The number of nitrogen functional groups attached to an aromatic ring is 1. The Bertz CT molecular complexity index is 570.